The highest BCUT2D eigenvalue weighted by Gasteiger charge is 2.21. The van der Waals surface area contributed by atoms with Crippen molar-refractivity contribution in [2.75, 3.05) is 17.7 Å². The lowest BCUT2D eigenvalue weighted by molar-refractivity contribution is 0.0992. The van der Waals surface area contributed by atoms with Crippen molar-refractivity contribution in [3.05, 3.63) is 56.2 Å². The molecule has 0 aliphatic heterocycles. The van der Waals surface area contributed by atoms with Crippen molar-refractivity contribution in [3.63, 3.8) is 0 Å². The molecule has 0 unspecified atom stereocenters. The number of carbonyl (C=O) groups is 1. The Morgan fingerprint density at radius 3 is 2.67 bits per heavy atom. The summed E-state index contributed by atoms with van der Waals surface area (Å²) < 4.78 is 1.29. The minimum atomic E-state index is -0.672. The van der Waals surface area contributed by atoms with E-state index in [4.69, 9.17) is 5.73 Å². The number of hydrogen-bond donors (Lipinski definition) is 2. The van der Waals surface area contributed by atoms with Crippen LogP contribution >= 0.6 is 0 Å². The molecule has 0 spiro atoms. The van der Waals surface area contributed by atoms with Gasteiger partial charge in [0, 0.05) is 19.2 Å². The molecule has 128 valence electrons. The minimum Gasteiger partial charge on any atom is -0.383 e. The third-order valence-corrected chi connectivity index (χ3v) is 3.85. The summed E-state index contributed by atoms with van der Waals surface area (Å²) in [6.45, 7) is 4.25. The van der Waals surface area contributed by atoms with Crippen LogP contribution in [0.3, 0.4) is 0 Å². The number of benzene rings is 1. The lowest BCUT2D eigenvalue weighted by Gasteiger charge is -2.20. The first kappa shape index (κ1) is 17.5. The van der Waals surface area contributed by atoms with Crippen LogP contribution in [0.5, 0.6) is 0 Å². The summed E-state index contributed by atoms with van der Waals surface area (Å²) in [6.07, 6.45) is 1.61. The Morgan fingerprint density at radius 1 is 1.33 bits per heavy atom. The van der Waals surface area contributed by atoms with Gasteiger partial charge < -0.3 is 10.6 Å². The van der Waals surface area contributed by atoms with Crippen LogP contribution < -0.4 is 21.9 Å². The molecule has 0 aliphatic carbocycles. The average Bonchev–Trinajstić information content (AvgIpc) is 2.53. The molecular weight excluding hydrogens is 308 g/mol. The zero-order valence-electron chi connectivity index (χ0n) is 14.1. The van der Waals surface area contributed by atoms with Crippen molar-refractivity contribution in [2.24, 2.45) is 0 Å². The number of nitrogen functional groups attached to an aromatic ring is 1. The number of nitrogens with zero attached hydrogens (tertiary/aromatic N) is 2. The summed E-state index contributed by atoms with van der Waals surface area (Å²) in [5.41, 5.74) is 6.15. The third kappa shape index (κ3) is 3.40. The number of amides is 1. The summed E-state index contributed by atoms with van der Waals surface area (Å²) in [6, 6.07) is 7.05. The SMILES string of the molecule is CCCCn1c(N)c(N(C)C(=O)c2cccc(C)c2)c(=O)[nH]c1=O. The molecule has 0 bridgehead atoms. The van der Waals surface area contributed by atoms with E-state index >= 15 is 0 Å². The van der Waals surface area contributed by atoms with Crippen LogP contribution in [0.2, 0.25) is 0 Å². The first-order chi connectivity index (χ1) is 11.4. The van der Waals surface area contributed by atoms with Crippen molar-refractivity contribution < 1.29 is 4.79 Å². The second-order valence-corrected chi connectivity index (χ2v) is 5.73. The van der Waals surface area contributed by atoms with Gasteiger partial charge in [-0.3, -0.25) is 19.1 Å². The highest BCUT2D eigenvalue weighted by atomic mass is 16.2. The second kappa shape index (κ2) is 7.16. The van der Waals surface area contributed by atoms with Gasteiger partial charge in [0.05, 0.1) is 0 Å². The number of hydrogen-bond acceptors (Lipinski definition) is 4. The fourth-order valence-corrected chi connectivity index (χ4v) is 2.51. The van der Waals surface area contributed by atoms with E-state index in [0.29, 0.717) is 12.1 Å². The van der Waals surface area contributed by atoms with E-state index in [1.165, 1.54) is 16.5 Å². The van der Waals surface area contributed by atoms with E-state index in [0.717, 1.165) is 18.4 Å². The number of nitrogens with two attached hydrogens (primary N) is 1. The zero-order chi connectivity index (χ0) is 17.9. The molecule has 7 nitrogen and oxygen atoms in total. The van der Waals surface area contributed by atoms with E-state index < -0.39 is 11.2 Å². The van der Waals surface area contributed by atoms with Crippen LogP contribution in [-0.4, -0.2) is 22.5 Å². The smallest absolute Gasteiger partial charge is 0.330 e. The summed E-state index contributed by atoms with van der Waals surface area (Å²) in [5, 5.41) is 0. The van der Waals surface area contributed by atoms with Crippen molar-refractivity contribution in [1.82, 2.24) is 9.55 Å². The van der Waals surface area contributed by atoms with Gasteiger partial charge in [-0.2, -0.15) is 0 Å². The number of aromatic nitrogens is 2. The average molecular weight is 330 g/mol. The normalized spacial score (nSPS) is 10.6. The van der Waals surface area contributed by atoms with E-state index in [9.17, 15) is 14.4 Å². The maximum Gasteiger partial charge on any atom is 0.330 e. The molecular formula is C17H22N4O3. The Morgan fingerprint density at radius 2 is 2.04 bits per heavy atom. The molecule has 24 heavy (non-hydrogen) atoms. The van der Waals surface area contributed by atoms with Gasteiger partial charge in [-0.1, -0.05) is 31.0 Å². The Hall–Kier alpha value is -2.83. The van der Waals surface area contributed by atoms with Crippen molar-refractivity contribution in [3.8, 4) is 0 Å². The largest absolute Gasteiger partial charge is 0.383 e. The van der Waals surface area contributed by atoms with Crippen LogP contribution in [-0.2, 0) is 6.54 Å². The topological polar surface area (TPSA) is 101 Å². The zero-order valence-corrected chi connectivity index (χ0v) is 14.1. The first-order valence-corrected chi connectivity index (χ1v) is 7.84. The lowest BCUT2D eigenvalue weighted by Crippen LogP contribution is -2.39. The molecule has 0 fully saturated rings. The van der Waals surface area contributed by atoms with Crippen LogP contribution in [0, 0.1) is 6.92 Å². The number of rotatable bonds is 5. The predicted octanol–water partition coefficient (Wildman–Crippen LogP) is 1.50. The molecule has 0 radical (unpaired) electrons. The molecule has 0 atom stereocenters. The van der Waals surface area contributed by atoms with Gasteiger partial charge >= 0.3 is 5.69 Å². The second-order valence-electron chi connectivity index (χ2n) is 5.73. The van der Waals surface area contributed by atoms with E-state index in [1.807, 2.05) is 19.9 Å². The monoisotopic (exact) mass is 330 g/mol. The lowest BCUT2D eigenvalue weighted by atomic mass is 10.1. The molecule has 2 aromatic rings. The molecule has 7 heteroatoms. The Bertz CT molecular complexity index is 867. The van der Waals surface area contributed by atoms with Crippen molar-refractivity contribution in [2.45, 2.75) is 33.2 Å². The van der Waals surface area contributed by atoms with Crippen LogP contribution in [0.4, 0.5) is 11.5 Å². The van der Waals surface area contributed by atoms with Gasteiger partial charge in [-0.05, 0) is 25.5 Å². The maximum atomic E-state index is 12.6. The molecule has 1 aromatic heterocycles. The van der Waals surface area contributed by atoms with Gasteiger partial charge in [-0.15, -0.1) is 0 Å². The van der Waals surface area contributed by atoms with E-state index in [1.54, 1.807) is 18.2 Å². The molecule has 1 aromatic carbocycles. The summed E-state index contributed by atoms with van der Waals surface area (Å²) in [7, 11) is 1.47. The molecule has 0 aliphatic rings. The summed E-state index contributed by atoms with van der Waals surface area (Å²) >= 11 is 0. The number of aromatic amines is 1. The number of H-pyrrole nitrogens is 1. The number of carbonyl (C=O) groups excluding carboxylic acids is 1. The molecule has 2 rings (SSSR count). The van der Waals surface area contributed by atoms with Crippen molar-refractivity contribution >= 4 is 17.4 Å². The first-order valence-electron chi connectivity index (χ1n) is 7.84. The van der Waals surface area contributed by atoms with E-state index in [-0.39, 0.29) is 17.4 Å². The molecule has 0 saturated heterocycles. The fourth-order valence-electron chi connectivity index (χ4n) is 2.51. The third-order valence-electron chi connectivity index (χ3n) is 3.85. The number of unbranched alkanes of at least 4 members (excludes halogenated alkanes) is 1. The summed E-state index contributed by atoms with van der Waals surface area (Å²) in [4.78, 5) is 40.2. The molecule has 3 N–H and O–H groups in total. The number of anilines is 2. The van der Waals surface area contributed by atoms with Gasteiger partial charge in [0.15, 0.2) is 5.69 Å². The quantitative estimate of drug-likeness (QED) is 0.867. The minimum absolute atomic E-state index is 0.000651. The Balaban J connectivity index is 2.49. The number of aryl methyl sites for hydroxylation is 1. The predicted molar refractivity (Wildman–Crippen MR) is 94.6 cm³/mol. The Kier molecular flexibility index (Phi) is 5.23. The van der Waals surface area contributed by atoms with Gasteiger partial charge in [0.2, 0.25) is 0 Å². The summed E-state index contributed by atoms with van der Waals surface area (Å²) in [5.74, 6) is -0.364. The molecule has 0 saturated carbocycles. The molecule has 1 amide bonds. The highest BCUT2D eigenvalue weighted by Crippen LogP contribution is 2.18. The standard InChI is InChI=1S/C17H22N4O3/c1-4-5-9-21-14(18)13(15(22)19-17(21)24)20(3)16(23)12-8-6-7-11(2)10-12/h6-8,10H,4-5,9,18H2,1-3H3,(H,19,22,24). The molecule has 1 heterocycles. The van der Waals surface area contributed by atoms with Crippen LogP contribution in [0.1, 0.15) is 35.7 Å². The maximum absolute atomic E-state index is 12.6. The van der Waals surface area contributed by atoms with Crippen LogP contribution in [0.15, 0.2) is 33.9 Å². The van der Waals surface area contributed by atoms with Crippen molar-refractivity contribution in [1.29, 1.82) is 0 Å². The van der Waals surface area contributed by atoms with E-state index in [2.05, 4.69) is 4.98 Å². The fraction of sp³-hybridized carbons (Fsp3) is 0.353. The highest BCUT2D eigenvalue weighted by molar-refractivity contribution is 6.06. The van der Waals surface area contributed by atoms with Gasteiger partial charge in [0.25, 0.3) is 11.5 Å². The number of nitrogens with one attached hydrogen (secondary N) is 1. The Labute approximate surface area is 139 Å². The van der Waals surface area contributed by atoms with Gasteiger partial charge in [0.1, 0.15) is 5.82 Å². The van der Waals surface area contributed by atoms with Gasteiger partial charge in [-0.25, -0.2) is 4.79 Å². The van der Waals surface area contributed by atoms with Crippen LogP contribution in [0.25, 0.3) is 0 Å².